The fraction of sp³-hybridized carbons (Fsp3) is 0.517. The zero-order chi connectivity index (χ0) is 27.2. The van der Waals surface area contributed by atoms with E-state index in [-0.39, 0.29) is 24.0 Å². The molecular formula is C29H41N5O4. The van der Waals surface area contributed by atoms with Gasteiger partial charge in [0.05, 0.1) is 26.3 Å². The molecule has 2 unspecified atom stereocenters. The molecule has 0 saturated carbocycles. The highest BCUT2D eigenvalue weighted by molar-refractivity contribution is 5.94. The van der Waals surface area contributed by atoms with E-state index in [9.17, 15) is 9.59 Å². The highest BCUT2D eigenvalue weighted by Crippen LogP contribution is 2.41. The summed E-state index contributed by atoms with van der Waals surface area (Å²) in [5, 5.41) is 9.56. The van der Waals surface area contributed by atoms with Gasteiger partial charge in [0.2, 0.25) is 0 Å². The maximum atomic E-state index is 12.9. The number of methoxy groups -OCH3 is 2. The number of nitrogens with one attached hydrogen (secondary N) is 2. The van der Waals surface area contributed by atoms with Crippen LogP contribution in [-0.2, 0) is 6.42 Å². The molecule has 2 aromatic rings. The first kappa shape index (κ1) is 27.7. The van der Waals surface area contributed by atoms with Gasteiger partial charge >= 0.3 is 6.03 Å². The van der Waals surface area contributed by atoms with E-state index >= 15 is 0 Å². The first-order valence-electron chi connectivity index (χ1n) is 13.5. The van der Waals surface area contributed by atoms with E-state index in [2.05, 4.69) is 15.5 Å². The van der Waals surface area contributed by atoms with Crippen LogP contribution in [0.2, 0.25) is 0 Å². The summed E-state index contributed by atoms with van der Waals surface area (Å²) in [5.74, 6) is 1.22. The smallest absolute Gasteiger partial charge is 0.331 e. The molecule has 38 heavy (non-hydrogen) atoms. The van der Waals surface area contributed by atoms with E-state index in [0.29, 0.717) is 30.0 Å². The number of carbonyl (C=O) groups excluding carboxylic acids is 2. The fourth-order valence-corrected chi connectivity index (χ4v) is 5.69. The summed E-state index contributed by atoms with van der Waals surface area (Å²) in [6.45, 7) is 5.78. The molecule has 0 aromatic heterocycles. The largest absolute Gasteiger partial charge is 0.493 e. The van der Waals surface area contributed by atoms with Gasteiger partial charge in [-0.15, -0.1) is 0 Å². The molecule has 4 rings (SSSR count). The lowest BCUT2D eigenvalue weighted by molar-refractivity contribution is -0.00905. The molecule has 0 spiro atoms. The average Bonchev–Trinajstić information content (AvgIpc) is 3.04. The number of ether oxygens (including phenoxy) is 2. The zero-order valence-electron chi connectivity index (χ0n) is 23.3. The second kappa shape index (κ2) is 12.5. The van der Waals surface area contributed by atoms with Crippen LogP contribution in [0.15, 0.2) is 36.4 Å². The number of nitrogens with zero attached hydrogens (tertiary/aromatic N) is 3. The van der Waals surface area contributed by atoms with Crippen molar-refractivity contribution in [2.45, 2.75) is 44.7 Å². The van der Waals surface area contributed by atoms with Crippen molar-refractivity contribution in [2.75, 3.05) is 54.5 Å². The van der Waals surface area contributed by atoms with Crippen molar-refractivity contribution in [3.8, 4) is 11.5 Å². The summed E-state index contributed by atoms with van der Waals surface area (Å²) in [7, 11) is 6.81. The van der Waals surface area contributed by atoms with E-state index in [4.69, 9.17) is 9.47 Å². The Morgan fingerprint density at radius 1 is 1.00 bits per heavy atom. The van der Waals surface area contributed by atoms with Gasteiger partial charge in [-0.05, 0) is 80.2 Å². The lowest BCUT2D eigenvalue weighted by Crippen LogP contribution is -2.53. The van der Waals surface area contributed by atoms with Gasteiger partial charge in [-0.25, -0.2) is 9.80 Å². The van der Waals surface area contributed by atoms with Crippen LogP contribution in [0, 0.1) is 0 Å². The van der Waals surface area contributed by atoms with Gasteiger partial charge in [-0.2, -0.15) is 0 Å². The molecule has 0 aliphatic carbocycles. The lowest BCUT2D eigenvalue weighted by atomic mass is 9.91. The topological polar surface area (TPSA) is 86.4 Å². The number of hydrogen-bond acceptors (Lipinski definition) is 6. The van der Waals surface area contributed by atoms with Crippen LogP contribution in [0.5, 0.6) is 11.5 Å². The monoisotopic (exact) mass is 523 g/mol. The van der Waals surface area contributed by atoms with E-state index in [1.54, 1.807) is 26.3 Å². The van der Waals surface area contributed by atoms with Gasteiger partial charge < -0.3 is 25.0 Å². The third-order valence-electron chi connectivity index (χ3n) is 7.66. The van der Waals surface area contributed by atoms with Crippen LogP contribution >= 0.6 is 0 Å². The predicted molar refractivity (Wildman–Crippen MR) is 148 cm³/mol. The van der Waals surface area contributed by atoms with Crippen molar-refractivity contribution in [1.82, 2.24) is 25.6 Å². The second-order valence-electron chi connectivity index (χ2n) is 10.1. The summed E-state index contributed by atoms with van der Waals surface area (Å²) in [5.41, 5.74) is 3.70. The quantitative estimate of drug-likeness (QED) is 0.578. The molecule has 0 bridgehead atoms. The maximum absolute atomic E-state index is 12.9. The van der Waals surface area contributed by atoms with Crippen LogP contribution in [0.25, 0.3) is 0 Å². The Balaban J connectivity index is 1.61. The minimum absolute atomic E-state index is 0.0739. The van der Waals surface area contributed by atoms with Crippen molar-refractivity contribution in [1.29, 1.82) is 0 Å². The molecule has 1 fully saturated rings. The number of fused-ring (bicyclic) bond motifs is 1. The highest BCUT2D eigenvalue weighted by atomic mass is 16.5. The fourth-order valence-electron chi connectivity index (χ4n) is 5.69. The van der Waals surface area contributed by atoms with Gasteiger partial charge in [0.25, 0.3) is 5.91 Å². The molecule has 9 heteroatoms. The van der Waals surface area contributed by atoms with Gasteiger partial charge in [0, 0.05) is 32.7 Å². The Morgan fingerprint density at radius 2 is 1.66 bits per heavy atom. The van der Waals surface area contributed by atoms with Crippen molar-refractivity contribution in [3.63, 3.8) is 0 Å². The number of carbonyl (C=O) groups is 2. The van der Waals surface area contributed by atoms with Crippen molar-refractivity contribution >= 4 is 11.9 Å². The minimum Gasteiger partial charge on any atom is -0.493 e. The SMILES string of the molecule is CNC(=O)N1C(C)Cc2cc(OC)c(OC)cc2C(c2ccc(C(=O)NCCN3CCCCC3)cc2)N1C. The summed E-state index contributed by atoms with van der Waals surface area (Å²) in [6.07, 6.45) is 4.43. The second-order valence-corrected chi connectivity index (χ2v) is 10.1. The van der Waals surface area contributed by atoms with E-state index in [0.717, 1.165) is 36.3 Å². The number of hydrazine groups is 1. The molecule has 2 aromatic carbocycles. The van der Waals surface area contributed by atoms with Crippen LogP contribution in [0.3, 0.4) is 0 Å². The van der Waals surface area contributed by atoms with Crippen LogP contribution in [0.1, 0.15) is 59.3 Å². The minimum atomic E-state index is -0.275. The highest BCUT2D eigenvalue weighted by Gasteiger charge is 2.36. The molecule has 3 amide bonds. The summed E-state index contributed by atoms with van der Waals surface area (Å²) >= 11 is 0. The first-order valence-corrected chi connectivity index (χ1v) is 13.5. The van der Waals surface area contributed by atoms with Gasteiger partial charge in [-0.1, -0.05) is 18.6 Å². The molecule has 2 atom stereocenters. The van der Waals surface area contributed by atoms with Gasteiger partial charge in [0.15, 0.2) is 11.5 Å². The van der Waals surface area contributed by atoms with Crippen molar-refractivity contribution in [3.05, 3.63) is 58.7 Å². The normalized spacial score (nSPS) is 20.3. The summed E-state index contributed by atoms with van der Waals surface area (Å²) in [4.78, 5) is 28.2. The molecule has 2 N–H and O–H groups in total. The number of likely N-dealkylation sites (tertiary alicyclic amines) is 1. The molecular weight excluding hydrogens is 482 g/mol. The van der Waals surface area contributed by atoms with Gasteiger partial charge in [0.1, 0.15) is 0 Å². The number of benzene rings is 2. The molecule has 0 radical (unpaired) electrons. The molecule has 2 aliphatic heterocycles. The predicted octanol–water partition coefficient (Wildman–Crippen LogP) is 3.44. The summed E-state index contributed by atoms with van der Waals surface area (Å²) < 4.78 is 11.2. The maximum Gasteiger partial charge on any atom is 0.331 e. The molecule has 206 valence electrons. The van der Waals surface area contributed by atoms with E-state index in [1.165, 1.54) is 19.3 Å². The van der Waals surface area contributed by atoms with Crippen LogP contribution < -0.4 is 20.1 Å². The molecule has 9 nitrogen and oxygen atoms in total. The number of urea groups is 1. The third-order valence-corrected chi connectivity index (χ3v) is 7.66. The average molecular weight is 524 g/mol. The van der Waals surface area contributed by atoms with E-state index < -0.39 is 0 Å². The number of piperidine rings is 1. The summed E-state index contributed by atoms with van der Waals surface area (Å²) in [6, 6.07) is 11.1. The standard InChI is InChI=1S/C29H41N5O4/c1-20-17-23-18-25(37-4)26(38-5)19-24(23)27(32(3)34(20)29(36)30-2)21-9-11-22(12-10-21)28(35)31-13-16-33-14-7-6-8-15-33/h9-12,18-20,27H,6-8,13-17H2,1-5H3,(H,30,36)(H,31,35). The first-order chi connectivity index (χ1) is 18.4. The van der Waals surface area contributed by atoms with Gasteiger partial charge in [-0.3, -0.25) is 9.80 Å². The van der Waals surface area contributed by atoms with Crippen molar-refractivity contribution in [2.24, 2.45) is 0 Å². The lowest BCUT2D eigenvalue weighted by Gasteiger charge is -2.39. The molecule has 2 heterocycles. The number of hydrogen-bond donors (Lipinski definition) is 2. The zero-order valence-corrected chi connectivity index (χ0v) is 23.3. The Bertz CT molecular complexity index is 1120. The number of rotatable bonds is 7. The third kappa shape index (κ3) is 5.89. The Labute approximate surface area is 226 Å². The Kier molecular flexibility index (Phi) is 9.12. The Morgan fingerprint density at radius 3 is 2.29 bits per heavy atom. The van der Waals surface area contributed by atoms with Crippen LogP contribution in [-0.4, -0.2) is 87.4 Å². The van der Waals surface area contributed by atoms with Crippen LogP contribution in [0.4, 0.5) is 4.79 Å². The Hall–Kier alpha value is -3.30. The number of amides is 3. The van der Waals surface area contributed by atoms with Crippen molar-refractivity contribution < 1.29 is 19.1 Å². The molecule has 1 saturated heterocycles. The van der Waals surface area contributed by atoms with E-state index in [1.807, 2.05) is 55.4 Å². The molecule has 2 aliphatic rings.